The van der Waals surface area contributed by atoms with E-state index >= 15 is 0 Å². The van der Waals surface area contributed by atoms with E-state index < -0.39 is 12.3 Å². The van der Waals surface area contributed by atoms with E-state index in [1.165, 1.54) is 0 Å². The van der Waals surface area contributed by atoms with Crippen LogP contribution in [0.4, 0.5) is 4.79 Å². The number of unbranched alkanes of at least 4 members (excludes halogenated alkanes) is 1. The molecule has 0 saturated carbocycles. The predicted molar refractivity (Wildman–Crippen MR) is 50.3 cm³/mol. The van der Waals surface area contributed by atoms with Crippen molar-refractivity contribution < 1.29 is 14.3 Å². The molecule has 0 aromatic heterocycles. The lowest BCUT2D eigenvalue weighted by atomic mass is 10.2. The van der Waals surface area contributed by atoms with Crippen LogP contribution in [0.5, 0.6) is 0 Å². The molecule has 0 saturated heterocycles. The molecule has 0 aliphatic rings. The predicted octanol–water partition coefficient (Wildman–Crippen LogP) is 2.35. The fourth-order valence-corrected chi connectivity index (χ4v) is 0.834. The molecule has 0 aliphatic heterocycles. The maximum absolute atomic E-state index is 10.8. The van der Waals surface area contributed by atoms with Crippen LogP contribution in [-0.2, 0) is 9.47 Å². The van der Waals surface area contributed by atoms with Crippen molar-refractivity contribution in [3.63, 3.8) is 0 Å². The van der Waals surface area contributed by atoms with Gasteiger partial charge in [-0.25, -0.2) is 4.79 Å². The lowest BCUT2D eigenvalue weighted by Gasteiger charge is -2.10. The lowest BCUT2D eigenvalue weighted by Crippen LogP contribution is -2.17. The minimum Gasteiger partial charge on any atom is -0.435 e. The Hall–Kier alpha value is -1.17. The largest absolute Gasteiger partial charge is 0.509 e. The number of terminal acetylenes is 1. The standard InChI is InChI=1S/C10H16O3/c1-4-7-8-9(5-2)13-10(11)12-6-3/h2,9H,4,6-8H2,1,3H3. The fourth-order valence-electron chi connectivity index (χ4n) is 0.834. The molecule has 0 bridgehead atoms. The number of ether oxygens (including phenoxy) is 2. The Bertz CT molecular complexity index is 181. The van der Waals surface area contributed by atoms with Crippen LogP contribution in [0, 0.1) is 12.3 Å². The highest BCUT2D eigenvalue weighted by Gasteiger charge is 2.11. The van der Waals surface area contributed by atoms with Crippen molar-refractivity contribution in [2.45, 2.75) is 39.2 Å². The Balaban J connectivity index is 3.71. The van der Waals surface area contributed by atoms with Crippen molar-refractivity contribution in [3.8, 4) is 12.3 Å². The van der Waals surface area contributed by atoms with E-state index in [1.807, 2.05) is 0 Å². The van der Waals surface area contributed by atoms with Gasteiger partial charge in [0.05, 0.1) is 6.61 Å². The minimum absolute atomic E-state index is 0.309. The van der Waals surface area contributed by atoms with Crippen LogP contribution in [0.2, 0.25) is 0 Å². The maximum atomic E-state index is 10.8. The third kappa shape index (κ3) is 6.03. The second-order valence-electron chi connectivity index (χ2n) is 2.60. The van der Waals surface area contributed by atoms with Crippen molar-refractivity contribution in [3.05, 3.63) is 0 Å². The molecule has 13 heavy (non-hydrogen) atoms. The summed E-state index contributed by atoms with van der Waals surface area (Å²) in [6.07, 6.45) is 6.74. The number of hydrogen-bond acceptors (Lipinski definition) is 3. The molecule has 3 heteroatoms. The van der Waals surface area contributed by atoms with Gasteiger partial charge >= 0.3 is 6.16 Å². The van der Waals surface area contributed by atoms with E-state index in [2.05, 4.69) is 17.6 Å². The van der Waals surface area contributed by atoms with Gasteiger partial charge in [0.25, 0.3) is 0 Å². The van der Waals surface area contributed by atoms with E-state index in [0.717, 1.165) is 12.8 Å². The van der Waals surface area contributed by atoms with Crippen molar-refractivity contribution in [2.75, 3.05) is 6.61 Å². The average Bonchev–Trinajstić information content (AvgIpc) is 2.12. The zero-order chi connectivity index (χ0) is 10.1. The van der Waals surface area contributed by atoms with Gasteiger partial charge in [0.1, 0.15) is 0 Å². The Kier molecular flexibility index (Phi) is 6.80. The molecule has 0 aromatic rings. The molecule has 0 heterocycles. The first-order chi connectivity index (χ1) is 6.24. The van der Waals surface area contributed by atoms with Gasteiger partial charge in [-0.15, -0.1) is 6.42 Å². The summed E-state index contributed by atoms with van der Waals surface area (Å²) in [7, 11) is 0. The van der Waals surface area contributed by atoms with Crippen LogP contribution in [0.1, 0.15) is 33.1 Å². The highest BCUT2D eigenvalue weighted by atomic mass is 16.7. The fraction of sp³-hybridized carbons (Fsp3) is 0.700. The first-order valence-electron chi connectivity index (χ1n) is 4.54. The Morgan fingerprint density at radius 2 is 2.23 bits per heavy atom. The quantitative estimate of drug-likeness (QED) is 0.486. The molecule has 0 aromatic carbocycles. The monoisotopic (exact) mass is 184 g/mol. The molecular weight excluding hydrogens is 168 g/mol. The van der Waals surface area contributed by atoms with Gasteiger partial charge in [-0.05, 0) is 19.8 Å². The zero-order valence-electron chi connectivity index (χ0n) is 8.21. The molecule has 0 aliphatic carbocycles. The summed E-state index contributed by atoms with van der Waals surface area (Å²) in [5.41, 5.74) is 0. The first kappa shape index (κ1) is 11.8. The summed E-state index contributed by atoms with van der Waals surface area (Å²) in [5.74, 6) is 2.40. The molecule has 1 atom stereocenters. The molecule has 0 rings (SSSR count). The summed E-state index contributed by atoms with van der Waals surface area (Å²) in [6, 6.07) is 0. The van der Waals surface area contributed by atoms with Crippen LogP contribution in [0.3, 0.4) is 0 Å². The average molecular weight is 184 g/mol. The van der Waals surface area contributed by atoms with E-state index in [0.29, 0.717) is 13.0 Å². The molecule has 0 radical (unpaired) electrons. The van der Waals surface area contributed by atoms with Gasteiger partial charge in [0, 0.05) is 0 Å². The Morgan fingerprint density at radius 3 is 2.69 bits per heavy atom. The van der Waals surface area contributed by atoms with Gasteiger partial charge in [0.15, 0.2) is 6.10 Å². The molecule has 0 fully saturated rings. The Morgan fingerprint density at radius 1 is 1.54 bits per heavy atom. The Labute approximate surface area is 79.4 Å². The van der Waals surface area contributed by atoms with Crippen molar-refractivity contribution in [2.24, 2.45) is 0 Å². The number of rotatable bonds is 5. The number of carbonyl (C=O) groups is 1. The first-order valence-corrected chi connectivity index (χ1v) is 4.54. The van der Waals surface area contributed by atoms with Crippen molar-refractivity contribution in [1.82, 2.24) is 0 Å². The molecular formula is C10H16O3. The van der Waals surface area contributed by atoms with Crippen LogP contribution < -0.4 is 0 Å². The van der Waals surface area contributed by atoms with Gasteiger partial charge in [-0.1, -0.05) is 19.3 Å². The smallest absolute Gasteiger partial charge is 0.435 e. The van der Waals surface area contributed by atoms with E-state index in [9.17, 15) is 4.79 Å². The molecule has 0 amide bonds. The summed E-state index contributed by atoms with van der Waals surface area (Å²) in [5, 5.41) is 0. The molecule has 3 nitrogen and oxygen atoms in total. The third-order valence-electron chi connectivity index (χ3n) is 1.51. The molecule has 1 unspecified atom stereocenters. The SMILES string of the molecule is C#CC(CCCC)OC(=O)OCC. The van der Waals surface area contributed by atoms with Crippen molar-refractivity contribution in [1.29, 1.82) is 0 Å². The van der Waals surface area contributed by atoms with Gasteiger partial charge < -0.3 is 9.47 Å². The van der Waals surface area contributed by atoms with E-state index in [-0.39, 0.29) is 0 Å². The topological polar surface area (TPSA) is 35.5 Å². The third-order valence-corrected chi connectivity index (χ3v) is 1.51. The minimum atomic E-state index is -0.679. The highest BCUT2D eigenvalue weighted by Crippen LogP contribution is 2.04. The second kappa shape index (κ2) is 7.48. The second-order valence-corrected chi connectivity index (χ2v) is 2.60. The summed E-state index contributed by atoms with van der Waals surface area (Å²) >= 11 is 0. The van der Waals surface area contributed by atoms with Gasteiger partial charge in [-0.3, -0.25) is 0 Å². The summed E-state index contributed by atoms with van der Waals surface area (Å²) in [4.78, 5) is 10.8. The van der Waals surface area contributed by atoms with Gasteiger partial charge in [-0.2, -0.15) is 0 Å². The summed E-state index contributed by atoms with van der Waals surface area (Å²) < 4.78 is 9.44. The van der Waals surface area contributed by atoms with Crippen LogP contribution in [0.25, 0.3) is 0 Å². The lowest BCUT2D eigenvalue weighted by molar-refractivity contribution is 0.0404. The number of carbonyl (C=O) groups excluding carboxylic acids is 1. The van der Waals surface area contributed by atoms with Crippen LogP contribution in [0.15, 0.2) is 0 Å². The summed E-state index contributed by atoms with van der Waals surface area (Å²) in [6.45, 7) is 4.08. The maximum Gasteiger partial charge on any atom is 0.509 e. The van der Waals surface area contributed by atoms with E-state index in [1.54, 1.807) is 6.92 Å². The number of hydrogen-bond donors (Lipinski definition) is 0. The normalized spacial score (nSPS) is 11.5. The van der Waals surface area contributed by atoms with Crippen molar-refractivity contribution >= 4 is 6.16 Å². The van der Waals surface area contributed by atoms with E-state index in [4.69, 9.17) is 11.2 Å². The highest BCUT2D eigenvalue weighted by molar-refractivity contribution is 5.60. The zero-order valence-corrected chi connectivity index (χ0v) is 8.21. The van der Waals surface area contributed by atoms with Crippen LogP contribution >= 0.6 is 0 Å². The molecule has 0 spiro atoms. The van der Waals surface area contributed by atoms with Gasteiger partial charge in [0.2, 0.25) is 0 Å². The molecule has 0 N–H and O–H groups in total. The molecule has 74 valence electrons. The van der Waals surface area contributed by atoms with Crippen LogP contribution in [-0.4, -0.2) is 18.9 Å².